The zero-order valence-corrected chi connectivity index (χ0v) is 13.6. The van der Waals surface area contributed by atoms with Gasteiger partial charge in [-0.15, -0.1) is 11.3 Å². The second kappa shape index (κ2) is 6.43. The number of rotatable bonds is 4. The van der Waals surface area contributed by atoms with E-state index in [1.54, 1.807) is 11.3 Å². The van der Waals surface area contributed by atoms with E-state index in [9.17, 15) is 4.79 Å². The fourth-order valence-corrected chi connectivity index (χ4v) is 3.44. The summed E-state index contributed by atoms with van der Waals surface area (Å²) >= 11 is 7.56. The lowest BCUT2D eigenvalue weighted by molar-refractivity contribution is -0.134. The molecule has 1 saturated heterocycles. The van der Waals surface area contributed by atoms with E-state index in [0.29, 0.717) is 6.42 Å². The topological polar surface area (TPSA) is 49.6 Å². The van der Waals surface area contributed by atoms with Crippen LogP contribution >= 0.6 is 22.9 Å². The molecule has 2 heterocycles. The third-order valence-corrected chi connectivity index (χ3v) is 4.56. The molecule has 0 spiro atoms. The normalized spacial score (nSPS) is 17.5. The molecular formula is C14H22ClN3OS. The van der Waals surface area contributed by atoms with Gasteiger partial charge >= 0.3 is 0 Å². The first-order valence-electron chi connectivity index (χ1n) is 6.87. The molecule has 0 aliphatic carbocycles. The van der Waals surface area contributed by atoms with Gasteiger partial charge in [0, 0.05) is 49.6 Å². The van der Waals surface area contributed by atoms with Gasteiger partial charge in [-0.1, -0.05) is 11.6 Å². The van der Waals surface area contributed by atoms with Gasteiger partial charge in [0.2, 0.25) is 5.91 Å². The largest absolute Gasteiger partial charge is 0.340 e. The lowest BCUT2D eigenvalue weighted by atomic mass is 10.0. The standard InChI is InChI=1S/C14H22ClN3OS/c1-14(2,16)9-13(19)18-7-5-17(6-8-18)10-11-3-4-12(15)20-11/h3-4H,5-10,16H2,1-2H3. The van der Waals surface area contributed by atoms with Crippen LogP contribution in [0.25, 0.3) is 0 Å². The second-order valence-corrected chi connectivity index (χ2v) is 7.83. The minimum Gasteiger partial charge on any atom is -0.340 e. The van der Waals surface area contributed by atoms with Crippen LogP contribution in [-0.4, -0.2) is 47.4 Å². The van der Waals surface area contributed by atoms with Crippen molar-refractivity contribution in [1.82, 2.24) is 9.80 Å². The number of amides is 1. The summed E-state index contributed by atoms with van der Waals surface area (Å²) in [5.41, 5.74) is 5.48. The van der Waals surface area contributed by atoms with Crippen molar-refractivity contribution in [2.75, 3.05) is 26.2 Å². The number of nitrogens with zero attached hydrogens (tertiary/aromatic N) is 2. The molecule has 112 valence electrons. The number of carbonyl (C=O) groups excluding carboxylic acids is 1. The fraction of sp³-hybridized carbons (Fsp3) is 0.643. The van der Waals surface area contributed by atoms with Crippen LogP contribution in [-0.2, 0) is 11.3 Å². The minimum atomic E-state index is -0.429. The molecule has 1 aromatic heterocycles. The highest BCUT2D eigenvalue weighted by molar-refractivity contribution is 7.16. The Kier molecular flexibility index (Phi) is 5.07. The van der Waals surface area contributed by atoms with Gasteiger partial charge in [-0.3, -0.25) is 9.69 Å². The monoisotopic (exact) mass is 315 g/mol. The summed E-state index contributed by atoms with van der Waals surface area (Å²) in [5.74, 6) is 0.163. The van der Waals surface area contributed by atoms with E-state index in [1.807, 2.05) is 24.8 Å². The molecule has 2 N–H and O–H groups in total. The number of nitrogens with two attached hydrogens (primary N) is 1. The highest BCUT2D eigenvalue weighted by atomic mass is 35.5. The highest BCUT2D eigenvalue weighted by Gasteiger charge is 2.25. The van der Waals surface area contributed by atoms with Crippen molar-refractivity contribution < 1.29 is 4.79 Å². The summed E-state index contributed by atoms with van der Waals surface area (Å²) in [6, 6.07) is 4.01. The van der Waals surface area contributed by atoms with E-state index in [1.165, 1.54) is 4.88 Å². The van der Waals surface area contributed by atoms with Gasteiger partial charge in [0.1, 0.15) is 0 Å². The maximum Gasteiger partial charge on any atom is 0.224 e. The molecule has 1 aliphatic rings. The van der Waals surface area contributed by atoms with Crippen molar-refractivity contribution in [2.24, 2.45) is 5.73 Å². The summed E-state index contributed by atoms with van der Waals surface area (Å²) in [7, 11) is 0. The fourth-order valence-electron chi connectivity index (χ4n) is 2.31. The van der Waals surface area contributed by atoms with Crippen molar-refractivity contribution in [2.45, 2.75) is 32.4 Å². The molecule has 0 unspecified atom stereocenters. The van der Waals surface area contributed by atoms with Crippen LogP contribution in [0.4, 0.5) is 0 Å². The average Bonchev–Trinajstić information content (AvgIpc) is 2.73. The van der Waals surface area contributed by atoms with Gasteiger partial charge in [0.25, 0.3) is 0 Å². The van der Waals surface area contributed by atoms with E-state index in [0.717, 1.165) is 37.1 Å². The smallest absolute Gasteiger partial charge is 0.224 e. The quantitative estimate of drug-likeness (QED) is 0.926. The Morgan fingerprint density at radius 2 is 2.00 bits per heavy atom. The SMILES string of the molecule is CC(C)(N)CC(=O)N1CCN(Cc2ccc(Cl)s2)CC1. The van der Waals surface area contributed by atoms with Crippen molar-refractivity contribution >= 4 is 28.8 Å². The third kappa shape index (κ3) is 4.74. The van der Waals surface area contributed by atoms with Crippen LogP contribution in [0.3, 0.4) is 0 Å². The predicted molar refractivity (Wildman–Crippen MR) is 84.1 cm³/mol. The van der Waals surface area contributed by atoms with E-state index >= 15 is 0 Å². The van der Waals surface area contributed by atoms with Crippen molar-refractivity contribution in [1.29, 1.82) is 0 Å². The lowest BCUT2D eigenvalue weighted by Gasteiger charge is -2.35. The Balaban J connectivity index is 1.79. The van der Waals surface area contributed by atoms with Gasteiger partial charge in [0.15, 0.2) is 0 Å². The zero-order chi connectivity index (χ0) is 14.8. The first-order valence-corrected chi connectivity index (χ1v) is 8.06. The van der Waals surface area contributed by atoms with Crippen LogP contribution in [0.2, 0.25) is 4.34 Å². The van der Waals surface area contributed by atoms with E-state index in [2.05, 4.69) is 11.0 Å². The number of hydrogen-bond donors (Lipinski definition) is 1. The molecule has 1 aliphatic heterocycles. The van der Waals surface area contributed by atoms with Crippen LogP contribution < -0.4 is 5.73 Å². The molecule has 1 fully saturated rings. The molecule has 0 radical (unpaired) electrons. The molecule has 20 heavy (non-hydrogen) atoms. The number of thiophene rings is 1. The molecule has 0 aromatic carbocycles. The maximum atomic E-state index is 12.1. The van der Waals surface area contributed by atoms with E-state index in [4.69, 9.17) is 17.3 Å². The van der Waals surface area contributed by atoms with Crippen molar-refractivity contribution in [3.05, 3.63) is 21.3 Å². The Bertz CT molecular complexity index is 461. The Morgan fingerprint density at radius 1 is 1.35 bits per heavy atom. The molecule has 0 bridgehead atoms. The number of piperazine rings is 1. The maximum absolute atomic E-state index is 12.1. The van der Waals surface area contributed by atoms with Gasteiger partial charge in [0.05, 0.1) is 4.34 Å². The van der Waals surface area contributed by atoms with Crippen molar-refractivity contribution in [3.8, 4) is 0 Å². The molecule has 0 atom stereocenters. The molecule has 1 amide bonds. The predicted octanol–water partition coefficient (Wildman–Crippen LogP) is 2.17. The molecular weight excluding hydrogens is 294 g/mol. The first-order chi connectivity index (χ1) is 9.33. The second-order valence-electron chi connectivity index (χ2n) is 6.03. The highest BCUT2D eigenvalue weighted by Crippen LogP contribution is 2.23. The van der Waals surface area contributed by atoms with E-state index in [-0.39, 0.29) is 5.91 Å². The summed E-state index contributed by atoms with van der Waals surface area (Å²) in [4.78, 5) is 17.7. The summed E-state index contributed by atoms with van der Waals surface area (Å²) in [5, 5.41) is 0. The van der Waals surface area contributed by atoms with Crippen LogP contribution in [0.15, 0.2) is 12.1 Å². The van der Waals surface area contributed by atoms with Crippen LogP contribution in [0.1, 0.15) is 25.1 Å². The summed E-state index contributed by atoms with van der Waals surface area (Å²) in [6.07, 6.45) is 0.410. The van der Waals surface area contributed by atoms with E-state index < -0.39 is 5.54 Å². The third-order valence-electron chi connectivity index (χ3n) is 3.34. The Labute approximate surface area is 129 Å². The number of hydrogen-bond acceptors (Lipinski definition) is 4. The molecule has 4 nitrogen and oxygen atoms in total. The van der Waals surface area contributed by atoms with Crippen LogP contribution in [0.5, 0.6) is 0 Å². The van der Waals surface area contributed by atoms with Gasteiger partial charge in [-0.2, -0.15) is 0 Å². The van der Waals surface area contributed by atoms with Gasteiger partial charge < -0.3 is 10.6 Å². The molecule has 2 rings (SSSR count). The zero-order valence-electron chi connectivity index (χ0n) is 12.1. The summed E-state index contributed by atoms with van der Waals surface area (Å²) in [6.45, 7) is 8.09. The van der Waals surface area contributed by atoms with Crippen molar-refractivity contribution in [3.63, 3.8) is 0 Å². The minimum absolute atomic E-state index is 0.163. The van der Waals surface area contributed by atoms with Gasteiger partial charge in [-0.25, -0.2) is 0 Å². The molecule has 6 heteroatoms. The first kappa shape index (κ1) is 15.8. The number of halogens is 1. The van der Waals surface area contributed by atoms with Crippen LogP contribution in [0, 0.1) is 0 Å². The average molecular weight is 316 g/mol. The lowest BCUT2D eigenvalue weighted by Crippen LogP contribution is -2.50. The Morgan fingerprint density at radius 3 is 2.50 bits per heavy atom. The molecule has 1 aromatic rings. The van der Waals surface area contributed by atoms with Gasteiger partial charge in [-0.05, 0) is 26.0 Å². The number of carbonyl (C=O) groups is 1. The Hall–Kier alpha value is -0.620. The summed E-state index contributed by atoms with van der Waals surface area (Å²) < 4.78 is 0.832. The molecule has 0 saturated carbocycles.